The quantitative estimate of drug-likeness (QED) is 0.898. The minimum absolute atomic E-state index is 0.294. The normalized spacial score (nSPS) is 23.1. The number of hydrogen-bond donors (Lipinski definition) is 2. The number of methoxy groups -OCH3 is 1. The Labute approximate surface area is 112 Å². The van der Waals surface area contributed by atoms with Gasteiger partial charge in [0.25, 0.3) is 0 Å². The van der Waals surface area contributed by atoms with E-state index in [9.17, 15) is 9.18 Å². The fraction of sp³-hybridized carbons (Fsp3) is 0.417. The number of ether oxygens (including phenoxy) is 1. The maximum atomic E-state index is 14.0. The van der Waals surface area contributed by atoms with Crippen LogP contribution in [0.25, 0.3) is 0 Å². The van der Waals surface area contributed by atoms with Crippen LogP contribution in [0.1, 0.15) is 18.0 Å². The van der Waals surface area contributed by atoms with Crippen molar-refractivity contribution in [2.45, 2.75) is 12.5 Å². The molecule has 4 nitrogen and oxygen atoms in total. The predicted molar refractivity (Wildman–Crippen MR) is 67.1 cm³/mol. The van der Waals surface area contributed by atoms with E-state index in [1.54, 1.807) is 12.1 Å². The highest BCUT2D eigenvalue weighted by Gasteiger charge is 2.32. The zero-order valence-corrected chi connectivity index (χ0v) is 11.3. The lowest BCUT2D eigenvalue weighted by Crippen LogP contribution is -2.17. The monoisotopic (exact) mass is 317 g/mol. The summed E-state index contributed by atoms with van der Waals surface area (Å²) in [5, 5.41) is 12.0. The van der Waals surface area contributed by atoms with Gasteiger partial charge in [-0.05, 0) is 34.5 Å². The second-order valence-electron chi connectivity index (χ2n) is 4.24. The SMILES string of the molecule is COc1cc(Br)c(F)c(C2CC(C(=O)O)CN2)c1. The first kappa shape index (κ1) is 13.3. The van der Waals surface area contributed by atoms with Crippen LogP contribution in [0.5, 0.6) is 5.75 Å². The third-order valence-electron chi connectivity index (χ3n) is 3.12. The maximum absolute atomic E-state index is 14.0. The molecule has 1 saturated heterocycles. The van der Waals surface area contributed by atoms with Gasteiger partial charge in [0.05, 0.1) is 17.5 Å². The zero-order chi connectivity index (χ0) is 13.3. The topological polar surface area (TPSA) is 58.6 Å². The largest absolute Gasteiger partial charge is 0.497 e. The van der Waals surface area contributed by atoms with E-state index in [4.69, 9.17) is 9.84 Å². The van der Waals surface area contributed by atoms with Gasteiger partial charge in [0.1, 0.15) is 11.6 Å². The van der Waals surface area contributed by atoms with E-state index in [1.165, 1.54) is 7.11 Å². The van der Waals surface area contributed by atoms with Crippen LogP contribution in [-0.2, 0) is 4.79 Å². The van der Waals surface area contributed by atoms with E-state index in [1.807, 2.05) is 0 Å². The summed E-state index contributed by atoms with van der Waals surface area (Å²) in [5.74, 6) is -1.16. The van der Waals surface area contributed by atoms with E-state index in [0.717, 1.165) is 0 Å². The Kier molecular flexibility index (Phi) is 3.87. The molecule has 0 bridgehead atoms. The number of benzene rings is 1. The van der Waals surface area contributed by atoms with Crippen molar-refractivity contribution in [1.29, 1.82) is 0 Å². The molecule has 6 heteroatoms. The summed E-state index contributed by atoms with van der Waals surface area (Å²) in [5.41, 5.74) is 0.435. The minimum Gasteiger partial charge on any atom is -0.497 e. The van der Waals surface area contributed by atoms with Gasteiger partial charge in [0.2, 0.25) is 0 Å². The minimum atomic E-state index is -0.854. The molecule has 0 amide bonds. The van der Waals surface area contributed by atoms with E-state index in [0.29, 0.717) is 28.8 Å². The van der Waals surface area contributed by atoms with Gasteiger partial charge in [0, 0.05) is 18.2 Å². The van der Waals surface area contributed by atoms with Gasteiger partial charge < -0.3 is 15.2 Å². The van der Waals surface area contributed by atoms with Gasteiger partial charge >= 0.3 is 5.97 Å². The predicted octanol–water partition coefficient (Wildman–Crippen LogP) is 2.33. The molecule has 0 spiro atoms. The molecule has 1 aromatic rings. The maximum Gasteiger partial charge on any atom is 0.307 e. The molecule has 1 aliphatic heterocycles. The van der Waals surface area contributed by atoms with Gasteiger partial charge in [0.15, 0.2) is 0 Å². The molecule has 1 aliphatic rings. The summed E-state index contributed by atoms with van der Waals surface area (Å²) in [6.45, 7) is 0.355. The average molecular weight is 318 g/mol. The van der Waals surface area contributed by atoms with Gasteiger partial charge in [-0.1, -0.05) is 0 Å². The Bertz CT molecular complexity index is 481. The van der Waals surface area contributed by atoms with Crippen molar-refractivity contribution in [3.8, 4) is 5.75 Å². The van der Waals surface area contributed by atoms with Crippen LogP contribution in [0.4, 0.5) is 4.39 Å². The molecule has 1 heterocycles. The van der Waals surface area contributed by atoms with Crippen LogP contribution in [0.3, 0.4) is 0 Å². The molecule has 1 aromatic carbocycles. The molecular weight excluding hydrogens is 305 g/mol. The number of carbonyl (C=O) groups is 1. The van der Waals surface area contributed by atoms with Crippen LogP contribution in [0.2, 0.25) is 0 Å². The molecule has 0 aliphatic carbocycles. The second kappa shape index (κ2) is 5.24. The molecule has 98 valence electrons. The van der Waals surface area contributed by atoms with E-state index in [2.05, 4.69) is 21.2 Å². The van der Waals surface area contributed by atoms with E-state index < -0.39 is 11.9 Å². The van der Waals surface area contributed by atoms with E-state index >= 15 is 0 Å². The van der Waals surface area contributed by atoms with Crippen LogP contribution in [0.15, 0.2) is 16.6 Å². The van der Waals surface area contributed by atoms with Crippen molar-refractivity contribution in [1.82, 2.24) is 5.32 Å². The highest BCUT2D eigenvalue weighted by Crippen LogP contribution is 2.34. The Morgan fingerprint density at radius 2 is 2.33 bits per heavy atom. The van der Waals surface area contributed by atoms with Crippen molar-refractivity contribution in [3.05, 3.63) is 28.0 Å². The Morgan fingerprint density at radius 1 is 1.61 bits per heavy atom. The molecule has 2 rings (SSSR count). The Morgan fingerprint density at radius 3 is 2.89 bits per heavy atom. The molecule has 2 N–H and O–H groups in total. The number of carboxylic acids is 1. The van der Waals surface area contributed by atoms with Gasteiger partial charge in [-0.15, -0.1) is 0 Å². The molecule has 0 aromatic heterocycles. The number of carboxylic acid groups (broad SMARTS) is 1. The lowest BCUT2D eigenvalue weighted by Gasteiger charge is -2.14. The lowest BCUT2D eigenvalue weighted by molar-refractivity contribution is -0.141. The summed E-state index contributed by atoms with van der Waals surface area (Å²) >= 11 is 3.13. The molecule has 2 atom stereocenters. The lowest BCUT2D eigenvalue weighted by atomic mass is 9.99. The summed E-state index contributed by atoms with van der Waals surface area (Å²) < 4.78 is 19.4. The van der Waals surface area contributed by atoms with Crippen LogP contribution in [0, 0.1) is 11.7 Å². The molecule has 18 heavy (non-hydrogen) atoms. The van der Waals surface area contributed by atoms with Crippen molar-refractivity contribution in [2.24, 2.45) is 5.92 Å². The third kappa shape index (κ3) is 2.49. The zero-order valence-electron chi connectivity index (χ0n) is 9.74. The van der Waals surface area contributed by atoms with Crippen molar-refractivity contribution >= 4 is 21.9 Å². The smallest absolute Gasteiger partial charge is 0.307 e. The molecule has 2 unspecified atom stereocenters. The Hall–Kier alpha value is -1.14. The molecular formula is C12H13BrFNO3. The number of nitrogens with one attached hydrogen (secondary N) is 1. The highest BCUT2D eigenvalue weighted by atomic mass is 79.9. The van der Waals surface area contributed by atoms with Gasteiger partial charge in [-0.25, -0.2) is 4.39 Å². The standard InChI is InChI=1S/C12H13BrFNO3/c1-18-7-3-8(11(14)9(13)4-7)10-2-6(5-15-10)12(16)17/h3-4,6,10,15H,2,5H2,1H3,(H,16,17). The first-order chi connectivity index (χ1) is 8.52. The molecule has 1 fully saturated rings. The third-order valence-corrected chi connectivity index (χ3v) is 3.70. The first-order valence-corrected chi connectivity index (χ1v) is 6.31. The van der Waals surface area contributed by atoms with Crippen molar-refractivity contribution in [3.63, 3.8) is 0 Å². The fourth-order valence-corrected chi connectivity index (χ4v) is 2.57. The van der Waals surface area contributed by atoms with Crippen molar-refractivity contribution < 1.29 is 19.0 Å². The number of halogens is 2. The van der Waals surface area contributed by atoms with Crippen LogP contribution < -0.4 is 10.1 Å². The van der Waals surface area contributed by atoms with Crippen LogP contribution >= 0.6 is 15.9 Å². The van der Waals surface area contributed by atoms with Gasteiger partial charge in [-0.3, -0.25) is 4.79 Å². The molecule has 0 radical (unpaired) electrons. The van der Waals surface area contributed by atoms with Crippen molar-refractivity contribution in [2.75, 3.05) is 13.7 Å². The number of aliphatic carboxylic acids is 1. The summed E-state index contributed by atoms with van der Waals surface area (Å²) in [4.78, 5) is 10.9. The van der Waals surface area contributed by atoms with Crippen LogP contribution in [-0.4, -0.2) is 24.7 Å². The fourth-order valence-electron chi connectivity index (χ4n) is 2.12. The second-order valence-corrected chi connectivity index (χ2v) is 5.10. The summed E-state index contributed by atoms with van der Waals surface area (Å²) in [7, 11) is 1.51. The van der Waals surface area contributed by atoms with E-state index in [-0.39, 0.29) is 11.9 Å². The number of rotatable bonds is 3. The average Bonchev–Trinajstić information content (AvgIpc) is 2.82. The Balaban J connectivity index is 2.29. The summed E-state index contributed by atoms with van der Waals surface area (Å²) in [6, 6.07) is 2.85. The first-order valence-electron chi connectivity index (χ1n) is 5.52. The van der Waals surface area contributed by atoms with Gasteiger partial charge in [-0.2, -0.15) is 0 Å². The molecule has 0 saturated carbocycles. The number of hydrogen-bond acceptors (Lipinski definition) is 3. The highest BCUT2D eigenvalue weighted by molar-refractivity contribution is 9.10. The summed E-state index contributed by atoms with van der Waals surface area (Å²) in [6.07, 6.45) is 0.381.